The molecular weight excluding hydrogens is 427 g/mol. The van der Waals surface area contributed by atoms with E-state index >= 15 is 0 Å². The first kappa shape index (κ1) is 28.9. The summed E-state index contributed by atoms with van der Waals surface area (Å²) in [6.07, 6.45) is 0. The van der Waals surface area contributed by atoms with Crippen LogP contribution in [0.3, 0.4) is 0 Å². The smallest absolute Gasteiger partial charge is 0.00183 e. The summed E-state index contributed by atoms with van der Waals surface area (Å²) in [6, 6.07) is 14.5. The lowest BCUT2D eigenvalue weighted by Crippen LogP contribution is -2.29. The number of hydrogen-bond acceptors (Lipinski definition) is 0. The summed E-state index contributed by atoms with van der Waals surface area (Å²) in [5.74, 6) is 2.46. The van der Waals surface area contributed by atoms with Crippen LogP contribution in [0.15, 0.2) is 36.4 Å². The van der Waals surface area contributed by atoms with Crippen molar-refractivity contribution < 1.29 is 0 Å². The molecule has 0 saturated heterocycles. The predicted molar refractivity (Wildman–Crippen MR) is 153 cm³/mol. The maximum Gasteiger partial charge on any atom is 0.00183 e. The van der Waals surface area contributed by atoms with E-state index in [-0.39, 0.29) is 34.1 Å². The Kier molecular flexibility index (Phi) is 8.71. The van der Waals surface area contributed by atoms with Crippen LogP contribution in [0.2, 0.25) is 0 Å². The molecule has 0 N–H and O–H groups in total. The summed E-state index contributed by atoms with van der Waals surface area (Å²) < 4.78 is 0. The summed E-state index contributed by atoms with van der Waals surface area (Å²) in [7, 11) is -0.540. The van der Waals surface area contributed by atoms with Gasteiger partial charge in [-0.25, -0.2) is 0 Å². The van der Waals surface area contributed by atoms with Crippen molar-refractivity contribution >= 4 is 36.4 Å². The molecule has 0 nitrogen and oxygen atoms in total. The summed E-state index contributed by atoms with van der Waals surface area (Å²) in [6.45, 7) is 30.3. The predicted octanol–water partition coefficient (Wildman–Crippen LogP) is 8.55. The maximum absolute atomic E-state index is 2.48. The molecule has 2 heteroatoms. The van der Waals surface area contributed by atoms with Gasteiger partial charge in [-0.3, -0.25) is 0 Å². The molecule has 0 atom stereocenters. The lowest BCUT2D eigenvalue weighted by Gasteiger charge is -2.31. The zero-order valence-corrected chi connectivity index (χ0v) is 24.6. The zero-order chi connectivity index (χ0) is 24.0. The highest BCUT2D eigenvalue weighted by Gasteiger charge is 2.27. The number of hydrogen-bond donors (Lipinski definition) is 0. The van der Waals surface area contributed by atoms with E-state index in [2.05, 4.69) is 132 Å². The summed E-state index contributed by atoms with van der Waals surface area (Å²) in [4.78, 5) is 0. The molecule has 0 bridgehead atoms. The Bertz CT molecular complexity index is 890. The summed E-state index contributed by atoms with van der Waals surface area (Å²) in [5.41, 5.74) is 6.34. The molecule has 1 radical (unpaired) electrons. The molecule has 0 unspecified atom stereocenters. The first-order valence-electron chi connectivity index (χ1n) is 11.8. The molecule has 0 aliphatic rings. The van der Waals surface area contributed by atoms with E-state index in [0.717, 1.165) is 0 Å². The normalized spacial score (nSPS) is 12.9. The Labute approximate surface area is 206 Å². The third-order valence-electron chi connectivity index (χ3n) is 6.12. The van der Waals surface area contributed by atoms with Gasteiger partial charge in [-0.1, -0.05) is 133 Å². The fourth-order valence-corrected chi connectivity index (χ4v) is 6.64. The van der Waals surface area contributed by atoms with Gasteiger partial charge in [0.15, 0.2) is 0 Å². The fourth-order valence-electron chi connectivity index (χ4n) is 4.03. The molecule has 32 heavy (non-hydrogen) atoms. The highest BCUT2D eigenvalue weighted by Crippen LogP contribution is 2.37. The Morgan fingerprint density at radius 3 is 1.06 bits per heavy atom. The molecule has 0 aliphatic carbocycles. The van der Waals surface area contributed by atoms with Crippen LogP contribution < -0.4 is 10.6 Å². The van der Waals surface area contributed by atoms with Crippen LogP contribution in [0.5, 0.6) is 0 Å². The minimum atomic E-state index is -0.540. The Balaban J connectivity index is 0.00000512. The second-order valence-electron chi connectivity index (χ2n) is 13.1. The van der Waals surface area contributed by atoms with Crippen LogP contribution in [0.1, 0.15) is 112 Å². The van der Waals surface area contributed by atoms with Crippen LogP contribution >= 0.6 is 20.0 Å². The van der Waals surface area contributed by atoms with E-state index in [1.807, 2.05) is 0 Å². The molecule has 0 spiro atoms. The third-order valence-corrected chi connectivity index (χ3v) is 8.45. The van der Waals surface area contributed by atoms with Gasteiger partial charge in [0.05, 0.1) is 0 Å². The van der Waals surface area contributed by atoms with E-state index < -0.39 is 7.55 Å². The minimum absolute atomic E-state index is 0. The van der Waals surface area contributed by atoms with Crippen molar-refractivity contribution in [2.45, 2.75) is 112 Å². The lowest BCUT2D eigenvalue weighted by molar-refractivity contribution is 0.571. The Morgan fingerprint density at radius 1 is 0.531 bits per heavy atom. The van der Waals surface area contributed by atoms with E-state index in [1.165, 1.54) is 32.9 Å². The second kappa shape index (κ2) is 9.64. The highest BCUT2D eigenvalue weighted by molar-refractivity contribution is 7.72. The quantitative estimate of drug-likeness (QED) is 0.383. The third kappa shape index (κ3) is 6.48. The van der Waals surface area contributed by atoms with Crippen molar-refractivity contribution in [3.63, 3.8) is 0 Å². The molecule has 2 rings (SSSR count). The van der Waals surface area contributed by atoms with E-state index in [0.29, 0.717) is 0 Å². The van der Waals surface area contributed by atoms with E-state index in [9.17, 15) is 0 Å². The molecule has 0 aromatic heterocycles. The topological polar surface area (TPSA) is 0 Å². The van der Waals surface area contributed by atoms with Crippen molar-refractivity contribution in [3.05, 3.63) is 58.7 Å². The van der Waals surface area contributed by atoms with Gasteiger partial charge < -0.3 is 0 Å². The largest absolute Gasteiger partial charge is 0.147 e. The first-order chi connectivity index (χ1) is 13.9. The van der Waals surface area contributed by atoms with Crippen LogP contribution in [-0.4, -0.2) is 5.80 Å². The Morgan fingerprint density at radius 2 is 0.844 bits per heavy atom. The molecule has 0 saturated carbocycles. The molecule has 0 amide bonds. The number of benzene rings is 2. The zero-order valence-electron chi connectivity index (χ0n) is 22.9. The molecule has 0 aliphatic heterocycles. The Hall–Kier alpha value is -1.10. The summed E-state index contributed by atoms with van der Waals surface area (Å²) >= 11 is 0. The molecular formula is C30H47ClP. The van der Waals surface area contributed by atoms with Gasteiger partial charge in [0.25, 0.3) is 0 Å². The van der Waals surface area contributed by atoms with Gasteiger partial charge in [-0.15, -0.1) is 12.4 Å². The number of rotatable bonds is 2. The second-order valence-corrected chi connectivity index (χ2v) is 15.3. The van der Waals surface area contributed by atoms with Crippen LogP contribution in [-0.2, 0) is 21.7 Å². The average molecular weight is 474 g/mol. The van der Waals surface area contributed by atoms with Gasteiger partial charge in [-0.2, -0.15) is 0 Å². The van der Waals surface area contributed by atoms with Crippen LogP contribution in [0, 0.1) is 0 Å². The fraction of sp³-hybridized carbons (Fsp3) is 0.567. The van der Waals surface area contributed by atoms with Crippen molar-refractivity contribution in [1.82, 2.24) is 0 Å². The highest BCUT2D eigenvalue weighted by atomic mass is 35.5. The SMILES string of the molecule is CC=[P](c1ccc(C(C)(C)C)cc1C(C)(C)C)c1ccc(C(C)(C)C)cc1C(C)(C)C.Cl. The van der Waals surface area contributed by atoms with Crippen molar-refractivity contribution in [2.24, 2.45) is 0 Å². The molecule has 2 aromatic carbocycles. The first-order valence-corrected chi connectivity index (χ1v) is 13.2. The standard InChI is InChI=1S/C30H46P.ClH/c1-14-31(25-17-15-21(27(2,3)4)19-23(25)29(8,9)10)26-18-16-22(28(5,6)7)20-24(26)30(11,12)13;/h14-20H,1-13H3;1H. The van der Waals surface area contributed by atoms with Crippen LogP contribution in [0.4, 0.5) is 0 Å². The number of halogens is 1. The molecule has 0 fully saturated rings. The van der Waals surface area contributed by atoms with Gasteiger partial charge in [-0.05, 0) is 50.8 Å². The van der Waals surface area contributed by atoms with Crippen molar-refractivity contribution in [1.29, 1.82) is 0 Å². The molecule has 2 aromatic rings. The molecule has 179 valence electrons. The van der Waals surface area contributed by atoms with E-state index in [4.69, 9.17) is 0 Å². The van der Waals surface area contributed by atoms with Crippen LogP contribution in [0.25, 0.3) is 0 Å². The molecule has 0 heterocycles. The van der Waals surface area contributed by atoms with Crippen molar-refractivity contribution in [2.75, 3.05) is 0 Å². The maximum atomic E-state index is 2.48. The average Bonchev–Trinajstić information content (AvgIpc) is 2.59. The van der Waals surface area contributed by atoms with Gasteiger partial charge in [0.2, 0.25) is 0 Å². The summed E-state index contributed by atoms with van der Waals surface area (Å²) in [5, 5.41) is 3.01. The van der Waals surface area contributed by atoms with Crippen molar-refractivity contribution in [3.8, 4) is 0 Å². The van der Waals surface area contributed by atoms with Gasteiger partial charge in [0.1, 0.15) is 0 Å². The minimum Gasteiger partial charge on any atom is -0.147 e. The van der Waals surface area contributed by atoms with E-state index in [1.54, 1.807) is 0 Å². The monoisotopic (exact) mass is 473 g/mol. The lowest BCUT2D eigenvalue weighted by atomic mass is 9.80. The van der Waals surface area contributed by atoms with Gasteiger partial charge in [0, 0.05) is 10.6 Å². The van der Waals surface area contributed by atoms with Gasteiger partial charge >= 0.3 is 0 Å².